The predicted octanol–water partition coefficient (Wildman–Crippen LogP) is 1.39. The minimum atomic E-state index is -1.09. The molecule has 0 saturated heterocycles. The van der Waals surface area contributed by atoms with Crippen molar-refractivity contribution in [1.82, 2.24) is 20.6 Å². The second-order valence-corrected chi connectivity index (χ2v) is 4.98. The first kappa shape index (κ1) is 15.0. The van der Waals surface area contributed by atoms with Gasteiger partial charge in [0.15, 0.2) is 5.69 Å². The van der Waals surface area contributed by atoms with E-state index in [2.05, 4.69) is 20.6 Å². The van der Waals surface area contributed by atoms with Crippen molar-refractivity contribution in [3.63, 3.8) is 0 Å². The molecule has 2 aromatic heterocycles. The van der Waals surface area contributed by atoms with E-state index in [0.717, 1.165) is 12.2 Å². The molecule has 0 aliphatic carbocycles. The van der Waals surface area contributed by atoms with Crippen molar-refractivity contribution in [2.24, 2.45) is 0 Å². The molecule has 0 fully saturated rings. The quantitative estimate of drug-likeness (QED) is 0.742. The number of carbonyl (C=O) groups is 2. The molecule has 0 atom stereocenters. The number of oxazole rings is 1. The number of nitrogens with one attached hydrogen (secondary N) is 2. The summed E-state index contributed by atoms with van der Waals surface area (Å²) in [7, 11) is 0. The summed E-state index contributed by atoms with van der Waals surface area (Å²) in [5.41, 5.74) is -0.0240. The van der Waals surface area contributed by atoms with Gasteiger partial charge < -0.3 is 20.2 Å². The van der Waals surface area contributed by atoms with E-state index in [-0.39, 0.29) is 18.8 Å². The normalized spacial score (nSPS) is 10.3. The Labute approximate surface area is 124 Å². The Bertz CT molecular complexity index is 637. The van der Waals surface area contributed by atoms with Gasteiger partial charge in [0.1, 0.15) is 10.8 Å². The van der Waals surface area contributed by atoms with Crippen LogP contribution in [-0.4, -0.2) is 27.1 Å². The van der Waals surface area contributed by atoms with E-state index >= 15 is 0 Å². The van der Waals surface area contributed by atoms with Crippen LogP contribution in [0.2, 0.25) is 0 Å². The Morgan fingerprint density at radius 1 is 1.38 bits per heavy atom. The molecule has 0 saturated carbocycles. The SMILES string of the molecule is CCc1cnc(CNC(=O)NCc2nc(C(=O)O)cs2)o1. The van der Waals surface area contributed by atoms with E-state index in [4.69, 9.17) is 9.52 Å². The van der Waals surface area contributed by atoms with E-state index in [1.807, 2.05) is 6.92 Å². The van der Waals surface area contributed by atoms with E-state index in [0.29, 0.717) is 10.9 Å². The van der Waals surface area contributed by atoms with Crippen molar-refractivity contribution in [2.45, 2.75) is 26.4 Å². The third kappa shape index (κ3) is 4.28. The molecule has 2 amide bonds. The topological polar surface area (TPSA) is 117 Å². The third-order valence-electron chi connectivity index (χ3n) is 2.52. The van der Waals surface area contributed by atoms with Gasteiger partial charge in [-0.2, -0.15) is 0 Å². The van der Waals surface area contributed by atoms with Crippen molar-refractivity contribution in [3.8, 4) is 0 Å². The van der Waals surface area contributed by atoms with E-state index < -0.39 is 12.0 Å². The predicted molar refractivity (Wildman–Crippen MR) is 74.0 cm³/mol. The number of urea groups is 1. The lowest BCUT2D eigenvalue weighted by atomic mass is 10.4. The Morgan fingerprint density at radius 2 is 2.14 bits per heavy atom. The lowest BCUT2D eigenvalue weighted by Gasteiger charge is -2.03. The van der Waals surface area contributed by atoms with Crippen LogP contribution in [0, 0.1) is 0 Å². The number of hydrogen-bond donors (Lipinski definition) is 3. The molecule has 9 heteroatoms. The van der Waals surface area contributed by atoms with Gasteiger partial charge in [-0.25, -0.2) is 19.6 Å². The molecule has 8 nitrogen and oxygen atoms in total. The van der Waals surface area contributed by atoms with Crippen LogP contribution in [0.25, 0.3) is 0 Å². The summed E-state index contributed by atoms with van der Waals surface area (Å²) >= 11 is 1.18. The lowest BCUT2D eigenvalue weighted by molar-refractivity contribution is 0.0691. The second kappa shape index (κ2) is 6.84. The zero-order chi connectivity index (χ0) is 15.2. The molecule has 0 radical (unpaired) electrons. The highest BCUT2D eigenvalue weighted by Crippen LogP contribution is 2.09. The highest BCUT2D eigenvalue weighted by Gasteiger charge is 2.10. The van der Waals surface area contributed by atoms with E-state index in [9.17, 15) is 9.59 Å². The van der Waals surface area contributed by atoms with Gasteiger partial charge >= 0.3 is 12.0 Å². The number of carbonyl (C=O) groups excluding carboxylic acids is 1. The maximum Gasteiger partial charge on any atom is 0.355 e. The highest BCUT2D eigenvalue weighted by molar-refractivity contribution is 7.09. The monoisotopic (exact) mass is 310 g/mol. The van der Waals surface area contributed by atoms with Crippen LogP contribution in [-0.2, 0) is 19.5 Å². The molecule has 2 rings (SSSR count). The van der Waals surface area contributed by atoms with Crippen LogP contribution in [0.5, 0.6) is 0 Å². The smallest absolute Gasteiger partial charge is 0.355 e. The van der Waals surface area contributed by atoms with Crippen molar-refractivity contribution in [1.29, 1.82) is 0 Å². The minimum Gasteiger partial charge on any atom is -0.476 e. The molecule has 0 bridgehead atoms. The standard InChI is InChI=1S/C12H14N4O4S/c1-2-7-3-13-9(20-7)4-14-12(19)15-5-10-16-8(6-21-10)11(17)18/h3,6H,2,4-5H2,1H3,(H,17,18)(H2,14,15,19). The first-order chi connectivity index (χ1) is 10.1. The van der Waals surface area contributed by atoms with Crippen molar-refractivity contribution in [3.05, 3.63) is 33.9 Å². The maximum absolute atomic E-state index is 11.6. The molecule has 21 heavy (non-hydrogen) atoms. The number of aromatic carboxylic acids is 1. The number of aryl methyl sites for hydroxylation is 1. The zero-order valence-electron chi connectivity index (χ0n) is 11.3. The van der Waals surface area contributed by atoms with Gasteiger partial charge in [0.2, 0.25) is 5.89 Å². The highest BCUT2D eigenvalue weighted by atomic mass is 32.1. The number of thiazole rings is 1. The van der Waals surface area contributed by atoms with Crippen LogP contribution in [0.1, 0.15) is 34.1 Å². The number of rotatable bonds is 6. The summed E-state index contributed by atoms with van der Waals surface area (Å²) in [5, 5.41) is 15.9. The van der Waals surface area contributed by atoms with Crippen LogP contribution in [0.4, 0.5) is 4.79 Å². The molecule has 2 aromatic rings. The molecule has 0 spiro atoms. The van der Waals surface area contributed by atoms with Crippen molar-refractivity contribution < 1.29 is 19.1 Å². The summed E-state index contributed by atoms with van der Waals surface area (Å²) < 4.78 is 5.35. The van der Waals surface area contributed by atoms with Crippen molar-refractivity contribution in [2.75, 3.05) is 0 Å². The molecule has 112 valence electrons. The number of hydrogen-bond acceptors (Lipinski definition) is 6. The summed E-state index contributed by atoms with van der Waals surface area (Å²) in [6, 6.07) is -0.404. The second-order valence-electron chi connectivity index (χ2n) is 4.04. The lowest BCUT2D eigenvalue weighted by Crippen LogP contribution is -2.34. The Morgan fingerprint density at radius 3 is 2.76 bits per heavy atom. The van der Waals surface area contributed by atoms with Crippen LogP contribution >= 0.6 is 11.3 Å². The molecule has 0 aliphatic rings. The van der Waals surface area contributed by atoms with Gasteiger partial charge in [0, 0.05) is 11.8 Å². The van der Waals surface area contributed by atoms with Gasteiger partial charge in [0.25, 0.3) is 0 Å². The molecule has 2 heterocycles. The number of nitrogens with zero attached hydrogens (tertiary/aromatic N) is 2. The number of carboxylic acids is 1. The summed E-state index contributed by atoms with van der Waals surface area (Å²) in [6.45, 7) is 2.30. The average molecular weight is 310 g/mol. The van der Waals surface area contributed by atoms with Gasteiger partial charge in [-0.05, 0) is 0 Å². The molecule has 0 aliphatic heterocycles. The fourth-order valence-corrected chi connectivity index (χ4v) is 2.17. The zero-order valence-corrected chi connectivity index (χ0v) is 12.1. The number of carboxylic acid groups (broad SMARTS) is 1. The van der Waals surface area contributed by atoms with E-state index in [1.165, 1.54) is 16.7 Å². The molecule has 0 aromatic carbocycles. The van der Waals surface area contributed by atoms with Crippen molar-refractivity contribution >= 4 is 23.3 Å². The molecular weight excluding hydrogens is 296 g/mol. The van der Waals surface area contributed by atoms with Crippen LogP contribution in [0.15, 0.2) is 16.0 Å². The Kier molecular flexibility index (Phi) is 4.88. The van der Waals surface area contributed by atoms with Crippen LogP contribution in [0.3, 0.4) is 0 Å². The molecular formula is C12H14N4O4S. The fraction of sp³-hybridized carbons (Fsp3) is 0.333. The number of aromatic nitrogens is 2. The first-order valence-electron chi connectivity index (χ1n) is 6.21. The fourth-order valence-electron chi connectivity index (χ4n) is 1.46. The molecule has 3 N–H and O–H groups in total. The largest absolute Gasteiger partial charge is 0.476 e. The average Bonchev–Trinajstić information content (AvgIpc) is 3.11. The molecule has 0 unspecified atom stereocenters. The van der Waals surface area contributed by atoms with Crippen LogP contribution < -0.4 is 10.6 Å². The van der Waals surface area contributed by atoms with Gasteiger partial charge in [-0.1, -0.05) is 6.92 Å². The first-order valence-corrected chi connectivity index (χ1v) is 7.09. The number of amides is 2. The maximum atomic E-state index is 11.6. The minimum absolute atomic E-state index is 0.0240. The van der Waals surface area contributed by atoms with Gasteiger partial charge in [-0.3, -0.25) is 0 Å². The van der Waals surface area contributed by atoms with Gasteiger partial charge in [0.05, 0.1) is 19.3 Å². The Hall–Kier alpha value is -2.42. The summed E-state index contributed by atoms with van der Waals surface area (Å²) in [6.07, 6.45) is 2.37. The van der Waals surface area contributed by atoms with Gasteiger partial charge in [-0.15, -0.1) is 11.3 Å². The third-order valence-corrected chi connectivity index (χ3v) is 3.37. The Balaban J connectivity index is 1.75. The summed E-state index contributed by atoms with van der Waals surface area (Å²) in [4.78, 5) is 30.1. The summed E-state index contributed by atoms with van der Waals surface area (Å²) in [5.74, 6) is 0.109. The van der Waals surface area contributed by atoms with E-state index in [1.54, 1.807) is 6.20 Å².